The van der Waals surface area contributed by atoms with E-state index in [2.05, 4.69) is 69.4 Å². The van der Waals surface area contributed by atoms with Crippen LogP contribution in [-0.4, -0.2) is 14.4 Å². The normalized spacial score (nSPS) is 15.2. The zero-order valence-corrected chi connectivity index (χ0v) is 14.3. The van der Waals surface area contributed by atoms with Crippen molar-refractivity contribution >= 4 is 19.5 Å². The number of carbonyl (C=O) groups excluding carboxylic acids is 1. The smallest absolute Gasteiger partial charge is 0.123 e. The Morgan fingerprint density at radius 1 is 1.20 bits per heavy atom. The number of rotatable bonds is 8. The van der Waals surface area contributed by atoms with Crippen LogP contribution in [0.5, 0.6) is 0 Å². The average Bonchev–Trinajstić information content (AvgIpc) is 2.47. The van der Waals surface area contributed by atoms with Gasteiger partial charge in [-0.1, -0.05) is 87.5 Å². The largest absolute Gasteiger partial charge is 0.303 e. The Morgan fingerprint density at radius 2 is 1.85 bits per heavy atom. The summed E-state index contributed by atoms with van der Waals surface area (Å²) in [7, 11) is -1.67. The lowest BCUT2D eigenvalue weighted by molar-refractivity contribution is -0.110. The molecule has 0 spiro atoms. The Kier molecular flexibility index (Phi) is 6.93. The number of hydrogen-bond acceptors (Lipinski definition) is 1. The van der Waals surface area contributed by atoms with Crippen molar-refractivity contribution in [2.45, 2.75) is 51.7 Å². The molecule has 1 aromatic rings. The van der Waals surface area contributed by atoms with E-state index < -0.39 is 8.07 Å². The van der Waals surface area contributed by atoms with Crippen LogP contribution >= 0.6 is 0 Å². The SMILES string of the molecule is CCCC/C=C/[C@@H]([C@@H](C)C=O)[Si](C)(C)c1ccccc1. The van der Waals surface area contributed by atoms with Gasteiger partial charge in [0.1, 0.15) is 6.29 Å². The number of benzene rings is 1. The van der Waals surface area contributed by atoms with Gasteiger partial charge in [-0.2, -0.15) is 0 Å². The van der Waals surface area contributed by atoms with Gasteiger partial charge in [-0.25, -0.2) is 0 Å². The van der Waals surface area contributed by atoms with Crippen molar-refractivity contribution in [1.29, 1.82) is 0 Å². The molecule has 0 aliphatic carbocycles. The molecule has 110 valence electrons. The fraction of sp³-hybridized carbons (Fsp3) is 0.500. The zero-order chi connectivity index (χ0) is 15.0. The molecule has 0 aliphatic rings. The summed E-state index contributed by atoms with van der Waals surface area (Å²) < 4.78 is 0. The van der Waals surface area contributed by atoms with Crippen LogP contribution < -0.4 is 5.19 Å². The molecule has 0 unspecified atom stereocenters. The van der Waals surface area contributed by atoms with E-state index in [1.807, 2.05) is 0 Å². The van der Waals surface area contributed by atoms with E-state index in [1.54, 1.807) is 0 Å². The van der Waals surface area contributed by atoms with Gasteiger partial charge in [0, 0.05) is 5.92 Å². The van der Waals surface area contributed by atoms with Crippen LogP contribution in [0.4, 0.5) is 0 Å². The molecule has 20 heavy (non-hydrogen) atoms. The molecule has 2 heteroatoms. The molecule has 0 aliphatic heterocycles. The minimum Gasteiger partial charge on any atom is -0.303 e. The fourth-order valence-corrected chi connectivity index (χ4v) is 6.23. The topological polar surface area (TPSA) is 17.1 Å². The van der Waals surface area contributed by atoms with Crippen molar-refractivity contribution in [3.8, 4) is 0 Å². The first kappa shape index (κ1) is 16.9. The van der Waals surface area contributed by atoms with Crippen molar-refractivity contribution in [2.75, 3.05) is 0 Å². The van der Waals surface area contributed by atoms with Crippen molar-refractivity contribution in [1.82, 2.24) is 0 Å². The minimum atomic E-state index is -1.67. The molecule has 2 atom stereocenters. The monoisotopic (exact) mass is 288 g/mol. The maximum atomic E-state index is 11.3. The second-order valence-corrected chi connectivity index (χ2v) is 10.9. The van der Waals surface area contributed by atoms with Crippen LogP contribution in [0.1, 0.15) is 33.1 Å². The third-order valence-corrected chi connectivity index (χ3v) is 8.41. The van der Waals surface area contributed by atoms with Gasteiger partial charge in [0.2, 0.25) is 0 Å². The number of aldehydes is 1. The van der Waals surface area contributed by atoms with Crippen LogP contribution in [0.25, 0.3) is 0 Å². The maximum Gasteiger partial charge on any atom is 0.123 e. The van der Waals surface area contributed by atoms with Crippen LogP contribution in [0.2, 0.25) is 18.6 Å². The summed E-state index contributed by atoms with van der Waals surface area (Å²) in [5.41, 5.74) is 0.374. The predicted molar refractivity (Wildman–Crippen MR) is 91.2 cm³/mol. The van der Waals surface area contributed by atoms with Crippen molar-refractivity contribution in [2.24, 2.45) is 5.92 Å². The van der Waals surface area contributed by atoms with Crippen molar-refractivity contribution < 1.29 is 4.79 Å². The van der Waals surface area contributed by atoms with E-state index in [0.29, 0.717) is 5.54 Å². The Hall–Kier alpha value is -1.15. The Morgan fingerprint density at radius 3 is 2.40 bits per heavy atom. The summed E-state index contributed by atoms with van der Waals surface area (Å²) in [5.74, 6) is 0.0924. The van der Waals surface area contributed by atoms with E-state index in [4.69, 9.17) is 0 Å². The average molecular weight is 289 g/mol. The van der Waals surface area contributed by atoms with Gasteiger partial charge in [-0.3, -0.25) is 0 Å². The molecule has 1 rings (SSSR count). The lowest BCUT2D eigenvalue weighted by atomic mass is 10.1. The molecule has 0 aromatic heterocycles. The highest BCUT2D eigenvalue weighted by Gasteiger charge is 2.35. The lowest BCUT2D eigenvalue weighted by Gasteiger charge is -2.33. The number of allylic oxidation sites excluding steroid dienone is 2. The number of unbranched alkanes of at least 4 members (excludes halogenated alkanes) is 2. The second kappa shape index (κ2) is 8.20. The van der Waals surface area contributed by atoms with Gasteiger partial charge in [-0.05, 0) is 12.0 Å². The highest BCUT2D eigenvalue weighted by molar-refractivity contribution is 6.91. The van der Waals surface area contributed by atoms with Gasteiger partial charge in [-0.15, -0.1) is 0 Å². The third-order valence-electron chi connectivity index (χ3n) is 4.20. The van der Waals surface area contributed by atoms with E-state index in [0.717, 1.165) is 12.7 Å². The van der Waals surface area contributed by atoms with Gasteiger partial charge in [0.15, 0.2) is 0 Å². The molecule has 1 nitrogen and oxygen atoms in total. The Bertz CT molecular complexity index is 422. The number of carbonyl (C=O) groups is 1. The molecule has 0 heterocycles. The standard InChI is InChI=1S/C18H28OSi/c1-5-6-7-11-14-18(16(2)15-19)20(3,4)17-12-9-8-10-13-17/h8-16,18H,5-7H2,1-4H3/b14-11+/t16-,18-/m0/s1. The summed E-state index contributed by atoms with van der Waals surface area (Å²) in [4.78, 5) is 11.3. The molecule has 0 amide bonds. The Balaban J connectivity index is 2.97. The number of hydrogen-bond donors (Lipinski definition) is 0. The zero-order valence-electron chi connectivity index (χ0n) is 13.3. The van der Waals surface area contributed by atoms with Crippen LogP contribution in [0.3, 0.4) is 0 Å². The summed E-state index contributed by atoms with van der Waals surface area (Å²) in [6.07, 6.45) is 9.29. The van der Waals surface area contributed by atoms with E-state index in [1.165, 1.54) is 18.0 Å². The summed E-state index contributed by atoms with van der Waals surface area (Å²) >= 11 is 0. The first-order valence-corrected chi connectivity index (χ1v) is 10.8. The van der Waals surface area contributed by atoms with Gasteiger partial charge < -0.3 is 4.79 Å². The molecule has 0 bridgehead atoms. The summed E-state index contributed by atoms with van der Waals surface area (Å²) in [6, 6.07) is 10.7. The minimum absolute atomic E-state index is 0.0924. The quantitative estimate of drug-likeness (QED) is 0.297. The second-order valence-electron chi connectivity index (χ2n) is 6.18. The molecule has 1 aromatic carbocycles. The van der Waals surface area contributed by atoms with E-state index in [-0.39, 0.29) is 5.92 Å². The summed E-state index contributed by atoms with van der Waals surface area (Å²) in [5, 5.41) is 1.43. The molecule has 0 N–H and O–H groups in total. The molecule has 0 saturated carbocycles. The predicted octanol–water partition coefficient (Wildman–Crippen LogP) is 4.55. The van der Waals surface area contributed by atoms with Gasteiger partial charge >= 0.3 is 0 Å². The summed E-state index contributed by atoms with van der Waals surface area (Å²) in [6.45, 7) is 9.01. The van der Waals surface area contributed by atoms with Crippen molar-refractivity contribution in [3.63, 3.8) is 0 Å². The lowest BCUT2D eigenvalue weighted by Crippen LogP contribution is -2.47. The molecular weight excluding hydrogens is 260 g/mol. The molecule has 0 fully saturated rings. The fourth-order valence-electron chi connectivity index (χ4n) is 2.78. The highest BCUT2D eigenvalue weighted by atomic mass is 28.3. The molecular formula is C18H28OSi. The third kappa shape index (κ3) is 4.45. The van der Waals surface area contributed by atoms with Gasteiger partial charge in [0.25, 0.3) is 0 Å². The first-order valence-electron chi connectivity index (χ1n) is 7.71. The van der Waals surface area contributed by atoms with E-state index >= 15 is 0 Å². The highest BCUT2D eigenvalue weighted by Crippen LogP contribution is 2.30. The maximum absolute atomic E-state index is 11.3. The van der Waals surface area contributed by atoms with Crippen molar-refractivity contribution in [3.05, 3.63) is 42.5 Å². The van der Waals surface area contributed by atoms with E-state index in [9.17, 15) is 4.79 Å². The Labute approximate surface area is 125 Å². The van der Waals surface area contributed by atoms with Gasteiger partial charge in [0.05, 0.1) is 8.07 Å². The molecule has 0 radical (unpaired) electrons. The van der Waals surface area contributed by atoms with Crippen LogP contribution in [0, 0.1) is 5.92 Å². The molecule has 0 saturated heterocycles. The van der Waals surface area contributed by atoms with Crippen LogP contribution in [0.15, 0.2) is 42.5 Å². The van der Waals surface area contributed by atoms with Crippen LogP contribution in [-0.2, 0) is 4.79 Å². The first-order chi connectivity index (χ1) is 9.54.